The molecule has 3 heteroatoms. The molecule has 0 aromatic carbocycles. The number of ketones is 1. The van der Waals surface area contributed by atoms with Crippen molar-refractivity contribution in [3.63, 3.8) is 0 Å². The molecule has 1 atom stereocenters. The van der Waals surface area contributed by atoms with Crippen LogP contribution in [0.3, 0.4) is 0 Å². The van der Waals surface area contributed by atoms with Gasteiger partial charge in [-0.15, -0.1) is 0 Å². The Morgan fingerprint density at radius 3 is 2.46 bits per heavy atom. The zero-order valence-electron chi connectivity index (χ0n) is 8.38. The summed E-state index contributed by atoms with van der Waals surface area (Å²) in [5.74, 6) is -0.851. The van der Waals surface area contributed by atoms with Crippen LogP contribution in [0.25, 0.3) is 0 Å². The van der Waals surface area contributed by atoms with Gasteiger partial charge >= 0.3 is 5.97 Å². The van der Waals surface area contributed by atoms with Crippen molar-refractivity contribution in [3.8, 4) is 0 Å². The molecule has 76 valence electrons. The van der Waals surface area contributed by atoms with Crippen LogP contribution in [-0.4, -0.2) is 16.9 Å². The Morgan fingerprint density at radius 2 is 2.00 bits per heavy atom. The Bertz CT molecular complexity index is 175. The number of carboxylic acid groups (broad SMARTS) is 1. The van der Waals surface area contributed by atoms with E-state index in [2.05, 4.69) is 6.92 Å². The highest BCUT2D eigenvalue weighted by Gasteiger charge is 2.11. The van der Waals surface area contributed by atoms with Crippen LogP contribution in [0, 0.1) is 5.92 Å². The molecule has 0 aliphatic rings. The molecule has 0 radical (unpaired) electrons. The summed E-state index contributed by atoms with van der Waals surface area (Å²) in [6.07, 6.45) is 3.34. The molecule has 0 rings (SSSR count). The lowest BCUT2D eigenvalue weighted by Crippen LogP contribution is -2.10. The topological polar surface area (TPSA) is 54.4 Å². The van der Waals surface area contributed by atoms with E-state index in [0.717, 1.165) is 19.3 Å². The number of Topliss-reactive ketones (excluding diaryl/α,β-unsaturated/α-hetero) is 1. The maximum atomic E-state index is 11.0. The molecule has 0 saturated carbocycles. The van der Waals surface area contributed by atoms with Crippen LogP contribution < -0.4 is 0 Å². The van der Waals surface area contributed by atoms with Gasteiger partial charge in [0.1, 0.15) is 12.2 Å². The molecular formula is C10H18O3. The number of aliphatic carboxylic acids is 1. The molecule has 0 aromatic rings. The van der Waals surface area contributed by atoms with Crippen molar-refractivity contribution < 1.29 is 14.7 Å². The van der Waals surface area contributed by atoms with Gasteiger partial charge in [0, 0.05) is 6.42 Å². The number of unbranched alkanes of at least 4 members (excludes halogenated alkanes) is 1. The van der Waals surface area contributed by atoms with Crippen LogP contribution in [-0.2, 0) is 9.59 Å². The summed E-state index contributed by atoms with van der Waals surface area (Å²) in [5, 5.41) is 8.35. The maximum absolute atomic E-state index is 11.0. The number of carbonyl (C=O) groups is 2. The lowest BCUT2D eigenvalue weighted by molar-refractivity contribution is -0.140. The molecule has 0 fully saturated rings. The van der Waals surface area contributed by atoms with E-state index in [4.69, 9.17) is 5.11 Å². The van der Waals surface area contributed by atoms with Gasteiger partial charge in [0.2, 0.25) is 0 Å². The molecule has 13 heavy (non-hydrogen) atoms. The largest absolute Gasteiger partial charge is 0.481 e. The summed E-state index contributed by atoms with van der Waals surface area (Å²) in [6.45, 7) is 4.10. The van der Waals surface area contributed by atoms with Gasteiger partial charge in [-0.25, -0.2) is 0 Å². The Hall–Kier alpha value is -0.860. The highest BCUT2D eigenvalue weighted by atomic mass is 16.4. The van der Waals surface area contributed by atoms with Crippen LogP contribution in [0.4, 0.5) is 0 Å². The number of hydrogen-bond donors (Lipinski definition) is 1. The van der Waals surface area contributed by atoms with E-state index in [1.165, 1.54) is 0 Å². The van der Waals surface area contributed by atoms with E-state index in [1.54, 1.807) is 0 Å². The third-order valence-electron chi connectivity index (χ3n) is 1.98. The number of rotatable bonds is 7. The Morgan fingerprint density at radius 1 is 1.38 bits per heavy atom. The molecule has 0 amide bonds. The molecular weight excluding hydrogens is 168 g/mol. The van der Waals surface area contributed by atoms with E-state index in [0.29, 0.717) is 12.3 Å². The fourth-order valence-electron chi connectivity index (χ4n) is 1.28. The normalized spacial score (nSPS) is 12.5. The standard InChI is InChI=1S/C10H18O3/c1-3-4-5-8(2)6-9(11)7-10(12)13/h8H,3-7H2,1-2H3,(H,12,13)/t8-/m1/s1. The summed E-state index contributed by atoms with van der Waals surface area (Å²) < 4.78 is 0. The minimum atomic E-state index is -1.02. The van der Waals surface area contributed by atoms with E-state index < -0.39 is 5.97 Å². The van der Waals surface area contributed by atoms with Gasteiger partial charge in [-0.05, 0) is 5.92 Å². The summed E-state index contributed by atoms with van der Waals surface area (Å²) in [4.78, 5) is 21.2. The van der Waals surface area contributed by atoms with Crippen molar-refractivity contribution >= 4 is 11.8 Å². The zero-order valence-corrected chi connectivity index (χ0v) is 8.38. The van der Waals surface area contributed by atoms with Crippen LogP contribution >= 0.6 is 0 Å². The first-order chi connectivity index (χ1) is 6.06. The van der Waals surface area contributed by atoms with Gasteiger partial charge in [-0.3, -0.25) is 9.59 Å². The molecule has 1 N–H and O–H groups in total. The first-order valence-electron chi connectivity index (χ1n) is 4.79. The number of carbonyl (C=O) groups excluding carboxylic acids is 1. The van der Waals surface area contributed by atoms with Gasteiger partial charge < -0.3 is 5.11 Å². The summed E-state index contributed by atoms with van der Waals surface area (Å²) >= 11 is 0. The predicted octanol–water partition coefficient (Wildman–Crippen LogP) is 2.25. The molecule has 0 unspecified atom stereocenters. The van der Waals surface area contributed by atoms with E-state index in [9.17, 15) is 9.59 Å². The smallest absolute Gasteiger partial charge is 0.310 e. The molecule has 0 saturated heterocycles. The average Bonchev–Trinajstić information content (AvgIpc) is 1.98. The first kappa shape index (κ1) is 12.1. The lowest BCUT2D eigenvalue weighted by Gasteiger charge is -2.07. The molecule has 0 aliphatic carbocycles. The third-order valence-corrected chi connectivity index (χ3v) is 1.98. The second-order valence-electron chi connectivity index (χ2n) is 3.56. The van der Waals surface area contributed by atoms with E-state index in [1.807, 2.05) is 6.92 Å². The number of carboxylic acids is 1. The first-order valence-corrected chi connectivity index (χ1v) is 4.79. The van der Waals surface area contributed by atoms with Gasteiger partial charge in [-0.2, -0.15) is 0 Å². The zero-order chi connectivity index (χ0) is 10.3. The summed E-state index contributed by atoms with van der Waals surface area (Å²) in [6, 6.07) is 0. The van der Waals surface area contributed by atoms with E-state index in [-0.39, 0.29) is 12.2 Å². The van der Waals surface area contributed by atoms with Gasteiger partial charge in [0.15, 0.2) is 0 Å². The Balaban J connectivity index is 3.59. The van der Waals surface area contributed by atoms with Crippen molar-refractivity contribution in [2.75, 3.05) is 0 Å². The van der Waals surface area contributed by atoms with Gasteiger partial charge in [-0.1, -0.05) is 33.1 Å². The van der Waals surface area contributed by atoms with Crippen molar-refractivity contribution in [1.29, 1.82) is 0 Å². The third kappa shape index (κ3) is 7.50. The summed E-state index contributed by atoms with van der Waals surface area (Å²) in [5.41, 5.74) is 0. The van der Waals surface area contributed by atoms with Crippen molar-refractivity contribution in [1.82, 2.24) is 0 Å². The van der Waals surface area contributed by atoms with Crippen molar-refractivity contribution in [2.24, 2.45) is 5.92 Å². The van der Waals surface area contributed by atoms with Crippen LogP contribution in [0.5, 0.6) is 0 Å². The second kappa shape index (κ2) is 6.63. The average molecular weight is 186 g/mol. The highest BCUT2D eigenvalue weighted by Crippen LogP contribution is 2.12. The van der Waals surface area contributed by atoms with Gasteiger partial charge in [0.05, 0.1) is 0 Å². The molecule has 0 aromatic heterocycles. The lowest BCUT2D eigenvalue weighted by atomic mass is 9.97. The predicted molar refractivity (Wildman–Crippen MR) is 50.6 cm³/mol. The quantitative estimate of drug-likeness (QED) is 0.620. The Kier molecular flexibility index (Phi) is 6.20. The maximum Gasteiger partial charge on any atom is 0.310 e. The molecule has 0 heterocycles. The van der Waals surface area contributed by atoms with Crippen LogP contribution in [0.1, 0.15) is 46.0 Å². The number of hydrogen-bond acceptors (Lipinski definition) is 2. The fraction of sp³-hybridized carbons (Fsp3) is 0.800. The monoisotopic (exact) mass is 186 g/mol. The highest BCUT2D eigenvalue weighted by molar-refractivity contribution is 5.94. The molecule has 0 bridgehead atoms. The van der Waals surface area contributed by atoms with Crippen LogP contribution in [0.15, 0.2) is 0 Å². The fourth-order valence-corrected chi connectivity index (χ4v) is 1.28. The van der Waals surface area contributed by atoms with Crippen molar-refractivity contribution in [2.45, 2.75) is 46.0 Å². The second-order valence-corrected chi connectivity index (χ2v) is 3.56. The van der Waals surface area contributed by atoms with E-state index >= 15 is 0 Å². The van der Waals surface area contributed by atoms with Crippen LogP contribution in [0.2, 0.25) is 0 Å². The minimum absolute atomic E-state index is 0.156. The minimum Gasteiger partial charge on any atom is -0.481 e. The summed E-state index contributed by atoms with van der Waals surface area (Å²) in [7, 11) is 0. The molecule has 0 spiro atoms. The van der Waals surface area contributed by atoms with Gasteiger partial charge in [0.25, 0.3) is 0 Å². The molecule has 3 nitrogen and oxygen atoms in total. The van der Waals surface area contributed by atoms with Crippen molar-refractivity contribution in [3.05, 3.63) is 0 Å². The molecule has 0 aliphatic heterocycles. The SMILES string of the molecule is CCCC[C@@H](C)CC(=O)CC(=O)O. The Labute approximate surface area is 79.1 Å².